The number of ether oxygens (including phenoxy) is 1. The van der Waals surface area contributed by atoms with Crippen molar-refractivity contribution < 1.29 is 14.6 Å². The van der Waals surface area contributed by atoms with E-state index in [2.05, 4.69) is 11.6 Å². The molecule has 0 saturated heterocycles. The van der Waals surface area contributed by atoms with Gasteiger partial charge < -0.3 is 9.84 Å². The smallest absolute Gasteiger partial charge is 0.365 e. The van der Waals surface area contributed by atoms with Gasteiger partial charge in [0.05, 0.1) is 18.9 Å². The Morgan fingerprint density at radius 2 is 2.47 bits per heavy atom. The maximum atomic E-state index is 10.5. The zero-order chi connectivity index (χ0) is 11.3. The fourth-order valence-electron chi connectivity index (χ4n) is 0.895. The molecule has 0 aromatic carbocycles. The largest absolute Gasteiger partial charge is 0.476 e. The lowest BCUT2D eigenvalue weighted by Gasteiger charge is -2.00. The summed E-state index contributed by atoms with van der Waals surface area (Å²) >= 11 is 1.11. The minimum Gasteiger partial charge on any atom is -0.476 e. The van der Waals surface area contributed by atoms with E-state index in [0.717, 1.165) is 23.3 Å². The summed E-state index contributed by atoms with van der Waals surface area (Å²) in [6.07, 6.45) is 0.815. The van der Waals surface area contributed by atoms with Crippen molar-refractivity contribution in [3.63, 3.8) is 0 Å². The van der Waals surface area contributed by atoms with E-state index in [0.29, 0.717) is 18.9 Å². The van der Waals surface area contributed by atoms with Gasteiger partial charge in [-0.3, -0.25) is 0 Å². The average Bonchev–Trinajstić information content (AvgIpc) is 2.60. The van der Waals surface area contributed by atoms with E-state index < -0.39 is 5.97 Å². The van der Waals surface area contributed by atoms with Gasteiger partial charge in [0.15, 0.2) is 0 Å². The van der Waals surface area contributed by atoms with E-state index in [1.165, 1.54) is 0 Å². The molecule has 0 aliphatic carbocycles. The van der Waals surface area contributed by atoms with Gasteiger partial charge in [-0.2, -0.15) is 0 Å². The van der Waals surface area contributed by atoms with E-state index in [9.17, 15) is 4.79 Å². The predicted octanol–water partition coefficient (Wildman–Crippen LogP) is 2.32. The second-order valence-corrected chi connectivity index (χ2v) is 4.07. The summed E-state index contributed by atoms with van der Waals surface area (Å²) in [5.74, 6) is -0.992. The van der Waals surface area contributed by atoms with Crippen LogP contribution in [0.3, 0.4) is 0 Å². The first kappa shape index (κ1) is 11.9. The molecule has 0 aliphatic rings. The Morgan fingerprint density at radius 3 is 3.00 bits per heavy atom. The zero-order valence-electron chi connectivity index (χ0n) is 8.52. The SMILES string of the molecule is C=C(C)CCOCc1csc(C(=O)O)n1. The van der Waals surface area contributed by atoms with E-state index in [1.54, 1.807) is 5.38 Å². The molecule has 5 heteroatoms. The normalized spacial score (nSPS) is 10.2. The van der Waals surface area contributed by atoms with Crippen LogP contribution in [-0.2, 0) is 11.3 Å². The maximum Gasteiger partial charge on any atom is 0.365 e. The molecule has 0 atom stereocenters. The van der Waals surface area contributed by atoms with E-state index in [4.69, 9.17) is 9.84 Å². The minimum absolute atomic E-state index is 0.105. The first-order valence-electron chi connectivity index (χ1n) is 4.49. The molecule has 0 amide bonds. The lowest BCUT2D eigenvalue weighted by atomic mass is 10.3. The highest BCUT2D eigenvalue weighted by Crippen LogP contribution is 2.10. The fraction of sp³-hybridized carbons (Fsp3) is 0.400. The molecule has 1 aromatic heterocycles. The van der Waals surface area contributed by atoms with Crippen LogP contribution in [-0.4, -0.2) is 22.7 Å². The van der Waals surface area contributed by atoms with Gasteiger partial charge in [-0.15, -0.1) is 17.9 Å². The number of aromatic nitrogens is 1. The molecule has 1 aromatic rings. The standard InChI is InChI=1S/C10H13NO3S/c1-7(2)3-4-14-5-8-6-15-9(11-8)10(12)13/h6H,1,3-5H2,2H3,(H,12,13). The van der Waals surface area contributed by atoms with Crippen LogP contribution in [0.25, 0.3) is 0 Å². The number of carbonyl (C=O) groups is 1. The quantitative estimate of drug-likeness (QED) is 0.598. The van der Waals surface area contributed by atoms with Gasteiger partial charge >= 0.3 is 5.97 Å². The van der Waals surface area contributed by atoms with Crippen molar-refractivity contribution in [2.75, 3.05) is 6.61 Å². The Hall–Kier alpha value is -1.20. The highest BCUT2D eigenvalue weighted by molar-refractivity contribution is 7.11. The molecule has 1 N–H and O–H groups in total. The number of hydrogen-bond donors (Lipinski definition) is 1. The molecule has 0 fully saturated rings. The molecule has 0 radical (unpaired) electrons. The van der Waals surface area contributed by atoms with Crippen molar-refractivity contribution in [3.05, 3.63) is 28.2 Å². The molecular formula is C10H13NO3S. The summed E-state index contributed by atoms with van der Waals surface area (Å²) < 4.78 is 5.31. The van der Waals surface area contributed by atoms with Crippen molar-refractivity contribution in [1.29, 1.82) is 0 Å². The Kier molecular flexibility index (Phi) is 4.45. The third kappa shape index (κ3) is 4.22. The number of nitrogens with zero attached hydrogens (tertiary/aromatic N) is 1. The zero-order valence-corrected chi connectivity index (χ0v) is 9.34. The van der Waals surface area contributed by atoms with Gasteiger partial charge in [0, 0.05) is 5.38 Å². The third-order valence-corrected chi connectivity index (χ3v) is 2.54. The van der Waals surface area contributed by atoms with Crippen LogP contribution in [0.1, 0.15) is 28.8 Å². The second kappa shape index (κ2) is 5.63. The third-order valence-electron chi connectivity index (χ3n) is 1.66. The molecule has 82 valence electrons. The first-order chi connectivity index (χ1) is 7.09. The highest BCUT2D eigenvalue weighted by Gasteiger charge is 2.08. The first-order valence-corrected chi connectivity index (χ1v) is 5.37. The van der Waals surface area contributed by atoms with Crippen molar-refractivity contribution >= 4 is 17.3 Å². The molecule has 0 saturated carbocycles. The van der Waals surface area contributed by atoms with Crippen molar-refractivity contribution in [2.45, 2.75) is 20.0 Å². The summed E-state index contributed by atoms with van der Waals surface area (Å²) in [4.78, 5) is 14.4. The van der Waals surface area contributed by atoms with Gasteiger partial charge in [-0.1, -0.05) is 5.57 Å². The van der Waals surface area contributed by atoms with Gasteiger partial charge in [0.1, 0.15) is 0 Å². The Bertz CT molecular complexity index is 359. The maximum absolute atomic E-state index is 10.5. The molecule has 0 spiro atoms. The van der Waals surface area contributed by atoms with Crippen LogP contribution in [0.15, 0.2) is 17.5 Å². The number of carboxylic acids is 1. The summed E-state index contributed by atoms with van der Waals surface area (Å²) in [6.45, 7) is 6.65. The summed E-state index contributed by atoms with van der Waals surface area (Å²) in [7, 11) is 0. The molecule has 15 heavy (non-hydrogen) atoms. The number of rotatable bonds is 6. The molecule has 0 bridgehead atoms. The number of aromatic carboxylic acids is 1. The van der Waals surface area contributed by atoms with E-state index in [-0.39, 0.29) is 5.01 Å². The summed E-state index contributed by atoms with van der Waals surface area (Å²) in [5, 5.41) is 10.4. The van der Waals surface area contributed by atoms with Crippen LogP contribution >= 0.6 is 11.3 Å². The Labute approximate surface area is 92.2 Å². The Morgan fingerprint density at radius 1 is 1.73 bits per heavy atom. The number of thiazole rings is 1. The van der Waals surface area contributed by atoms with Gasteiger partial charge in [-0.05, 0) is 13.3 Å². The van der Waals surface area contributed by atoms with Crippen LogP contribution in [0, 0.1) is 0 Å². The van der Waals surface area contributed by atoms with Crippen molar-refractivity contribution in [3.8, 4) is 0 Å². The molecule has 1 rings (SSSR count). The second-order valence-electron chi connectivity index (χ2n) is 3.21. The summed E-state index contributed by atoms with van der Waals surface area (Å²) in [6, 6.07) is 0. The highest BCUT2D eigenvalue weighted by atomic mass is 32.1. The molecule has 1 heterocycles. The molecule has 0 aliphatic heterocycles. The lowest BCUT2D eigenvalue weighted by Crippen LogP contribution is -1.98. The van der Waals surface area contributed by atoms with Crippen LogP contribution in [0.5, 0.6) is 0 Å². The molecule has 4 nitrogen and oxygen atoms in total. The minimum atomic E-state index is -0.992. The van der Waals surface area contributed by atoms with Gasteiger partial charge in [0.25, 0.3) is 0 Å². The predicted molar refractivity (Wildman–Crippen MR) is 58.2 cm³/mol. The molecule has 0 unspecified atom stereocenters. The fourth-order valence-corrected chi connectivity index (χ4v) is 1.53. The molecular weight excluding hydrogens is 214 g/mol. The van der Waals surface area contributed by atoms with E-state index >= 15 is 0 Å². The van der Waals surface area contributed by atoms with Crippen LogP contribution in [0.4, 0.5) is 0 Å². The Balaban J connectivity index is 2.31. The number of carboxylic acid groups (broad SMARTS) is 1. The average molecular weight is 227 g/mol. The van der Waals surface area contributed by atoms with Crippen molar-refractivity contribution in [2.24, 2.45) is 0 Å². The van der Waals surface area contributed by atoms with Crippen LogP contribution < -0.4 is 0 Å². The van der Waals surface area contributed by atoms with Crippen LogP contribution in [0.2, 0.25) is 0 Å². The van der Waals surface area contributed by atoms with E-state index in [1.807, 2.05) is 6.92 Å². The lowest BCUT2D eigenvalue weighted by molar-refractivity contribution is 0.0695. The topological polar surface area (TPSA) is 59.4 Å². The van der Waals surface area contributed by atoms with Gasteiger partial charge in [-0.25, -0.2) is 9.78 Å². The van der Waals surface area contributed by atoms with Crippen molar-refractivity contribution in [1.82, 2.24) is 4.98 Å². The van der Waals surface area contributed by atoms with Gasteiger partial charge in [0.2, 0.25) is 5.01 Å². The monoisotopic (exact) mass is 227 g/mol. The summed E-state index contributed by atoms with van der Waals surface area (Å²) in [5.41, 5.74) is 1.73. The number of hydrogen-bond acceptors (Lipinski definition) is 4.